The molecular weight excluding hydrogens is 244 g/mol. The van der Waals surface area contributed by atoms with E-state index in [4.69, 9.17) is 16.6 Å². The molecule has 0 saturated carbocycles. The number of halogens is 1. The zero-order valence-corrected chi connectivity index (χ0v) is 12.0. The number of allylic oxidation sites excluding steroid dienone is 2. The van der Waals surface area contributed by atoms with Gasteiger partial charge < -0.3 is 4.90 Å². The molecule has 2 nitrogen and oxygen atoms in total. The van der Waals surface area contributed by atoms with E-state index >= 15 is 0 Å². The predicted octanol–water partition coefficient (Wildman–Crippen LogP) is 4.70. The maximum atomic E-state index is 6.03. The second kappa shape index (κ2) is 5.57. The first-order valence-electron chi connectivity index (χ1n) is 6.36. The van der Waals surface area contributed by atoms with Gasteiger partial charge in [-0.1, -0.05) is 23.7 Å². The highest BCUT2D eigenvalue weighted by Crippen LogP contribution is 2.26. The monoisotopic (exact) mass is 262 g/mol. The van der Waals surface area contributed by atoms with E-state index in [1.165, 1.54) is 12.1 Å². The largest absolute Gasteiger partial charge is 0.334 e. The van der Waals surface area contributed by atoms with Crippen molar-refractivity contribution in [2.75, 3.05) is 6.54 Å². The van der Waals surface area contributed by atoms with E-state index in [1.54, 1.807) is 0 Å². The van der Waals surface area contributed by atoms with Crippen LogP contribution in [0.15, 0.2) is 35.0 Å². The third kappa shape index (κ3) is 2.75. The van der Waals surface area contributed by atoms with Crippen LogP contribution in [0.5, 0.6) is 0 Å². The molecule has 0 aromatic heterocycles. The quantitative estimate of drug-likeness (QED) is 0.754. The van der Waals surface area contributed by atoms with Crippen molar-refractivity contribution in [3.05, 3.63) is 40.6 Å². The van der Waals surface area contributed by atoms with E-state index < -0.39 is 0 Å². The van der Waals surface area contributed by atoms with Crippen molar-refractivity contribution in [2.45, 2.75) is 33.6 Å². The lowest BCUT2D eigenvalue weighted by atomic mass is 10.2. The first-order chi connectivity index (χ1) is 8.61. The summed E-state index contributed by atoms with van der Waals surface area (Å²) in [6, 6.07) is 5.86. The Morgan fingerprint density at radius 3 is 2.94 bits per heavy atom. The van der Waals surface area contributed by atoms with Crippen LogP contribution in [0.4, 0.5) is 5.69 Å². The predicted molar refractivity (Wildman–Crippen MR) is 78.7 cm³/mol. The summed E-state index contributed by atoms with van der Waals surface area (Å²) in [5, 5.41) is 0.743. The van der Waals surface area contributed by atoms with Crippen LogP contribution in [0, 0.1) is 6.92 Å². The molecule has 1 saturated heterocycles. The van der Waals surface area contributed by atoms with Gasteiger partial charge in [0.05, 0.1) is 5.69 Å². The summed E-state index contributed by atoms with van der Waals surface area (Å²) < 4.78 is 0. The van der Waals surface area contributed by atoms with Crippen molar-refractivity contribution in [3.8, 4) is 0 Å². The lowest BCUT2D eigenvalue weighted by Crippen LogP contribution is -2.22. The fraction of sp³-hybridized carbons (Fsp3) is 0.400. The van der Waals surface area contributed by atoms with Gasteiger partial charge in [-0.2, -0.15) is 0 Å². The summed E-state index contributed by atoms with van der Waals surface area (Å²) in [5.74, 6) is 1.15. The number of aliphatic imine (C=N–C) groups is 1. The second-order valence-electron chi connectivity index (χ2n) is 4.64. The van der Waals surface area contributed by atoms with E-state index in [1.807, 2.05) is 18.2 Å². The molecule has 0 N–H and O–H groups in total. The number of benzene rings is 1. The van der Waals surface area contributed by atoms with Crippen molar-refractivity contribution in [2.24, 2.45) is 4.99 Å². The van der Waals surface area contributed by atoms with E-state index in [0.29, 0.717) is 0 Å². The molecule has 0 unspecified atom stereocenters. The Morgan fingerprint density at radius 1 is 1.44 bits per heavy atom. The van der Waals surface area contributed by atoms with Gasteiger partial charge in [0.25, 0.3) is 0 Å². The van der Waals surface area contributed by atoms with Crippen LogP contribution >= 0.6 is 11.6 Å². The molecule has 1 heterocycles. The van der Waals surface area contributed by atoms with Gasteiger partial charge in [-0.05, 0) is 44.9 Å². The summed E-state index contributed by atoms with van der Waals surface area (Å²) in [6.07, 6.45) is 4.34. The van der Waals surface area contributed by atoms with Crippen LogP contribution < -0.4 is 0 Å². The minimum absolute atomic E-state index is 0.743. The maximum Gasteiger partial charge on any atom is 0.109 e. The fourth-order valence-electron chi connectivity index (χ4n) is 2.15. The Kier molecular flexibility index (Phi) is 4.07. The van der Waals surface area contributed by atoms with Crippen molar-refractivity contribution >= 4 is 23.1 Å². The number of rotatable bonds is 2. The number of aryl methyl sites for hydroxylation is 1. The molecule has 0 amide bonds. The zero-order chi connectivity index (χ0) is 13.1. The molecule has 0 radical (unpaired) electrons. The molecule has 0 aliphatic carbocycles. The van der Waals surface area contributed by atoms with E-state index in [0.717, 1.165) is 35.1 Å². The summed E-state index contributed by atoms with van der Waals surface area (Å²) in [5.41, 5.74) is 3.41. The Balaban J connectivity index is 2.35. The normalized spacial score (nSPS) is 18.8. The molecule has 1 aromatic carbocycles. The molecule has 1 aliphatic heterocycles. The van der Waals surface area contributed by atoms with E-state index in [-0.39, 0.29) is 0 Å². The molecule has 2 rings (SSSR count). The summed E-state index contributed by atoms with van der Waals surface area (Å²) >= 11 is 6.03. The van der Waals surface area contributed by atoms with Crippen LogP contribution in [0.2, 0.25) is 5.02 Å². The van der Waals surface area contributed by atoms with Gasteiger partial charge in [-0.3, -0.25) is 0 Å². The Bertz CT molecular complexity index is 503. The van der Waals surface area contributed by atoms with Gasteiger partial charge in [-0.25, -0.2) is 4.99 Å². The first kappa shape index (κ1) is 13.2. The van der Waals surface area contributed by atoms with Crippen LogP contribution in [-0.2, 0) is 0 Å². The molecule has 0 bridgehead atoms. The van der Waals surface area contributed by atoms with Gasteiger partial charge in [0, 0.05) is 23.7 Å². The van der Waals surface area contributed by atoms with Crippen molar-refractivity contribution in [3.63, 3.8) is 0 Å². The maximum absolute atomic E-state index is 6.03. The summed E-state index contributed by atoms with van der Waals surface area (Å²) in [6.45, 7) is 7.33. The number of hydrogen-bond donors (Lipinski definition) is 0. The van der Waals surface area contributed by atoms with Crippen LogP contribution in [-0.4, -0.2) is 17.3 Å². The van der Waals surface area contributed by atoms with E-state index in [2.05, 4.69) is 31.7 Å². The highest BCUT2D eigenvalue weighted by molar-refractivity contribution is 6.30. The minimum atomic E-state index is 0.743. The Labute approximate surface area is 114 Å². The SMILES string of the molecule is C/C=C(/C)N1CCCC1=Nc1cc(Cl)ccc1C. The Hall–Kier alpha value is -1.28. The van der Waals surface area contributed by atoms with E-state index in [9.17, 15) is 0 Å². The molecule has 18 heavy (non-hydrogen) atoms. The molecule has 1 aromatic rings. The molecule has 3 heteroatoms. The number of hydrogen-bond acceptors (Lipinski definition) is 1. The van der Waals surface area contributed by atoms with Crippen molar-refractivity contribution in [1.82, 2.24) is 4.90 Å². The van der Waals surface area contributed by atoms with Gasteiger partial charge in [0.1, 0.15) is 5.84 Å². The lowest BCUT2D eigenvalue weighted by molar-refractivity contribution is 0.555. The molecule has 0 atom stereocenters. The number of likely N-dealkylation sites (tertiary alicyclic amines) is 1. The first-order valence-corrected chi connectivity index (χ1v) is 6.74. The van der Waals surface area contributed by atoms with Crippen LogP contribution in [0.3, 0.4) is 0 Å². The number of nitrogens with zero attached hydrogens (tertiary/aromatic N) is 2. The van der Waals surface area contributed by atoms with Crippen molar-refractivity contribution in [1.29, 1.82) is 0 Å². The van der Waals surface area contributed by atoms with Gasteiger partial charge in [0.15, 0.2) is 0 Å². The van der Waals surface area contributed by atoms with Crippen molar-refractivity contribution < 1.29 is 0 Å². The third-order valence-corrected chi connectivity index (χ3v) is 3.59. The summed E-state index contributed by atoms with van der Waals surface area (Å²) in [7, 11) is 0. The topological polar surface area (TPSA) is 15.6 Å². The Morgan fingerprint density at radius 2 is 2.22 bits per heavy atom. The highest BCUT2D eigenvalue weighted by Gasteiger charge is 2.19. The standard InChI is InChI=1S/C15H19ClN2/c1-4-12(3)18-9-5-6-15(18)17-14-10-13(16)8-7-11(14)2/h4,7-8,10H,5-6,9H2,1-3H3/b12-4-,17-15?. The minimum Gasteiger partial charge on any atom is -0.334 e. The number of amidine groups is 1. The lowest BCUT2D eigenvalue weighted by Gasteiger charge is -2.19. The fourth-order valence-corrected chi connectivity index (χ4v) is 2.32. The molecule has 0 spiro atoms. The zero-order valence-electron chi connectivity index (χ0n) is 11.2. The second-order valence-corrected chi connectivity index (χ2v) is 5.08. The molecular formula is C15H19ClN2. The highest BCUT2D eigenvalue weighted by atomic mass is 35.5. The smallest absolute Gasteiger partial charge is 0.109 e. The molecule has 1 aliphatic rings. The molecule has 96 valence electrons. The van der Waals surface area contributed by atoms with Crippen LogP contribution in [0.25, 0.3) is 0 Å². The van der Waals surface area contributed by atoms with Gasteiger partial charge >= 0.3 is 0 Å². The summed E-state index contributed by atoms with van der Waals surface area (Å²) in [4.78, 5) is 7.08. The molecule has 1 fully saturated rings. The van der Waals surface area contributed by atoms with Crippen LogP contribution in [0.1, 0.15) is 32.3 Å². The average Bonchev–Trinajstić information content (AvgIpc) is 2.81. The van der Waals surface area contributed by atoms with Gasteiger partial charge in [-0.15, -0.1) is 0 Å². The van der Waals surface area contributed by atoms with Gasteiger partial charge in [0.2, 0.25) is 0 Å². The third-order valence-electron chi connectivity index (χ3n) is 3.36. The average molecular weight is 263 g/mol.